The van der Waals surface area contributed by atoms with Gasteiger partial charge in [0.05, 0.1) is 16.0 Å². The molecule has 0 aliphatic heterocycles. The Bertz CT molecular complexity index is 969. The quantitative estimate of drug-likeness (QED) is 0.538. The highest BCUT2D eigenvalue weighted by Gasteiger charge is 2.17. The number of carbonyl (C=O) groups excluding carboxylic acids is 1. The number of aromatic nitrogens is 1. The normalized spacial score (nSPS) is 10.6. The summed E-state index contributed by atoms with van der Waals surface area (Å²) in [6, 6.07) is 15.6. The highest BCUT2D eigenvalue weighted by atomic mass is 16.6. The number of rotatable bonds is 4. The monoisotopic (exact) mass is 335 g/mol. The maximum absolute atomic E-state index is 12.9. The Morgan fingerprint density at radius 2 is 1.92 bits per heavy atom. The van der Waals surface area contributed by atoms with Crippen LogP contribution >= 0.6 is 0 Å². The van der Waals surface area contributed by atoms with Crippen molar-refractivity contribution < 1.29 is 9.72 Å². The number of carbonyl (C=O) groups is 1. The molecule has 0 aliphatic carbocycles. The van der Waals surface area contributed by atoms with Gasteiger partial charge >= 0.3 is 0 Å². The molecule has 0 fully saturated rings. The second-order valence-corrected chi connectivity index (χ2v) is 5.92. The third kappa shape index (κ3) is 3.47. The van der Waals surface area contributed by atoms with Crippen LogP contribution in [0, 0.1) is 17.0 Å². The van der Waals surface area contributed by atoms with Gasteiger partial charge in [0.2, 0.25) is 0 Å². The molecule has 0 spiro atoms. The molecule has 0 N–H and O–H groups in total. The predicted octanol–water partition coefficient (Wildman–Crippen LogP) is 3.72. The molecule has 3 aromatic rings. The van der Waals surface area contributed by atoms with Gasteiger partial charge in [-0.25, -0.2) is 0 Å². The number of fused-ring (bicyclic) bond motifs is 1. The van der Waals surface area contributed by atoms with Gasteiger partial charge in [0, 0.05) is 36.8 Å². The topological polar surface area (TPSA) is 76.3 Å². The van der Waals surface area contributed by atoms with Crippen LogP contribution in [0.15, 0.2) is 54.6 Å². The van der Waals surface area contributed by atoms with Crippen LogP contribution < -0.4 is 0 Å². The fourth-order valence-corrected chi connectivity index (χ4v) is 2.80. The fraction of sp³-hybridized carbons (Fsp3) is 0.158. The molecule has 6 nitrogen and oxygen atoms in total. The first-order chi connectivity index (χ1) is 12.0. The van der Waals surface area contributed by atoms with Crippen molar-refractivity contribution in [2.24, 2.45) is 0 Å². The number of para-hydroxylation sites is 1. The van der Waals surface area contributed by atoms with E-state index in [4.69, 9.17) is 0 Å². The number of amides is 1. The van der Waals surface area contributed by atoms with Crippen LogP contribution in [0.3, 0.4) is 0 Å². The molecule has 0 aliphatic rings. The number of nitro groups is 1. The average Bonchev–Trinajstić information content (AvgIpc) is 2.60. The molecule has 25 heavy (non-hydrogen) atoms. The van der Waals surface area contributed by atoms with Gasteiger partial charge in [-0.3, -0.25) is 19.9 Å². The number of non-ortho nitro benzene ring substituents is 1. The molecule has 3 rings (SSSR count). The highest BCUT2D eigenvalue weighted by Crippen LogP contribution is 2.21. The minimum atomic E-state index is -0.439. The third-order valence-electron chi connectivity index (χ3n) is 3.96. The second-order valence-electron chi connectivity index (χ2n) is 5.92. The molecule has 0 unspecified atom stereocenters. The largest absolute Gasteiger partial charge is 0.337 e. The van der Waals surface area contributed by atoms with Gasteiger partial charge in [-0.15, -0.1) is 0 Å². The lowest BCUT2D eigenvalue weighted by atomic mass is 10.1. The Balaban J connectivity index is 1.91. The van der Waals surface area contributed by atoms with Gasteiger partial charge in [-0.1, -0.05) is 30.3 Å². The molecule has 1 amide bonds. The van der Waals surface area contributed by atoms with E-state index in [0.717, 1.165) is 16.6 Å². The van der Waals surface area contributed by atoms with Gasteiger partial charge in [0.25, 0.3) is 11.6 Å². The summed E-state index contributed by atoms with van der Waals surface area (Å²) in [4.78, 5) is 29.4. The van der Waals surface area contributed by atoms with Crippen LogP contribution in [0.4, 0.5) is 5.69 Å². The average molecular weight is 335 g/mol. The molecule has 126 valence electrons. The van der Waals surface area contributed by atoms with E-state index in [1.807, 2.05) is 31.2 Å². The number of nitrogens with zero attached hydrogens (tertiary/aromatic N) is 3. The van der Waals surface area contributed by atoms with E-state index in [2.05, 4.69) is 4.98 Å². The standard InChI is InChI=1S/C19H17N3O3/c1-13-10-17(16-8-3-4-9-18(16)20-13)19(23)21(2)12-14-6-5-7-15(11-14)22(24)25/h3-11H,12H2,1-2H3. The van der Waals surface area contributed by atoms with Crippen molar-refractivity contribution >= 4 is 22.5 Å². The summed E-state index contributed by atoms with van der Waals surface area (Å²) in [5, 5.41) is 11.7. The lowest BCUT2D eigenvalue weighted by Crippen LogP contribution is -2.26. The summed E-state index contributed by atoms with van der Waals surface area (Å²) >= 11 is 0. The zero-order valence-corrected chi connectivity index (χ0v) is 14.0. The van der Waals surface area contributed by atoms with Crippen molar-refractivity contribution in [3.05, 3.63) is 81.5 Å². The molecule has 0 saturated carbocycles. The molecule has 0 radical (unpaired) electrons. The molecular formula is C19H17N3O3. The van der Waals surface area contributed by atoms with E-state index in [0.29, 0.717) is 11.1 Å². The van der Waals surface area contributed by atoms with Gasteiger partial charge in [0.1, 0.15) is 0 Å². The third-order valence-corrected chi connectivity index (χ3v) is 3.96. The van der Waals surface area contributed by atoms with E-state index in [9.17, 15) is 14.9 Å². The maximum atomic E-state index is 12.9. The Morgan fingerprint density at radius 1 is 1.16 bits per heavy atom. The first-order valence-electron chi connectivity index (χ1n) is 7.81. The Hall–Kier alpha value is -3.28. The Morgan fingerprint density at radius 3 is 2.68 bits per heavy atom. The second kappa shape index (κ2) is 6.68. The van der Waals surface area contributed by atoms with Crippen molar-refractivity contribution in [2.75, 3.05) is 7.05 Å². The molecule has 0 bridgehead atoms. The Kier molecular flexibility index (Phi) is 4.43. The lowest BCUT2D eigenvalue weighted by molar-refractivity contribution is -0.384. The summed E-state index contributed by atoms with van der Waals surface area (Å²) < 4.78 is 0. The number of hydrogen-bond donors (Lipinski definition) is 0. The van der Waals surface area contributed by atoms with Crippen LogP contribution in [-0.4, -0.2) is 27.8 Å². The van der Waals surface area contributed by atoms with Gasteiger partial charge in [-0.05, 0) is 24.6 Å². The minimum Gasteiger partial charge on any atom is -0.337 e. The van der Waals surface area contributed by atoms with Crippen molar-refractivity contribution in [1.29, 1.82) is 0 Å². The Labute approximate surface area is 144 Å². The molecule has 2 aromatic carbocycles. The van der Waals surface area contributed by atoms with Crippen LogP contribution in [0.1, 0.15) is 21.6 Å². The van der Waals surface area contributed by atoms with E-state index in [1.54, 1.807) is 30.1 Å². The summed E-state index contributed by atoms with van der Waals surface area (Å²) in [6.45, 7) is 2.14. The van der Waals surface area contributed by atoms with Gasteiger partial charge < -0.3 is 4.90 Å². The van der Waals surface area contributed by atoms with Crippen LogP contribution in [-0.2, 0) is 6.54 Å². The molecular weight excluding hydrogens is 318 g/mol. The minimum absolute atomic E-state index is 0.0172. The van der Waals surface area contributed by atoms with Crippen molar-refractivity contribution in [3.8, 4) is 0 Å². The molecule has 1 heterocycles. The zero-order chi connectivity index (χ0) is 18.0. The maximum Gasteiger partial charge on any atom is 0.269 e. The molecule has 0 saturated heterocycles. The number of aryl methyl sites for hydroxylation is 1. The van der Waals surface area contributed by atoms with E-state index in [1.165, 1.54) is 12.1 Å². The summed E-state index contributed by atoms with van der Waals surface area (Å²) in [6.07, 6.45) is 0. The number of hydrogen-bond acceptors (Lipinski definition) is 4. The van der Waals surface area contributed by atoms with Crippen LogP contribution in [0.5, 0.6) is 0 Å². The van der Waals surface area contributed by atoms with Gasteiger partial charge in [0.15, 0.2) is 0 Å². The van der Waals surface area contributed by atoms with Gasteiger partial charge in [-0.2, -0.15) is 0 Å². The summed E-state index contributed by atoms with van der Waals surface area (Å²) in [5.74, 6) is -0.145. The van der Waals surface area contributed by atoms with Crippen molar-refractivity contribution in [2.45, 2.75) is 13.5 Å². The first-order valence-corrected chi connectivity index (χ1v) is 7.81. The van der Waals surface area contributed by atoms with E-state index < -0.39 is 4.92 Å². The zero-order valence-electron chi connectivity index (χ0n) is 14.0. The number of nitro benzene ring substituents is 1. The fourth-order valence-electron chi connectivity index (χ4n) is 2.80. The summed E-state index contributed by atoms with van der Waals surface area (Å²) in [7, 11) is 1.69. The molecule has 1 aromatic heterocycles. The smallest absolute Gasteiger partial charge is 0.269 e. The lowest BCUT2D eigenvalue weighted by Gasteiger charge is -2.18. The van der Waals surface area contributed by atoms with Crippen LogP contribution in [0.25, 0.3) is 10.9 Å². The predicted molar refractivity (Wildman–Crippen MR) is 95.4 cm³/mol. The van der Waals surface area contributed by atoms with E-state index >= 15 is 0 Å². The number of pyridine rings is 1. The molecule has 6 heteroatoms. The van der Waals surface area contributed by atoms with Crippen molar-refractivity contribution in [3.63, 3.8) is 0 Å². The number of benzene rings is 2. The molecule has 0 atom stereocenters. The first kappa shape index (κ1) is 16.6. The van der Waals surface area contributed by atoms with E-state index in [-0.39, 0.29) is 18.1 Å². The highest BCUT2D eigenvalue weighted by molar-refractivity contribution is 6.06. The van der Waals surface area contributed by atoms with Crippen molar-refractivity contribution in [1.82, 2.24) is 9.88 Å². The SMILES string of the molecule is Cc1cc(C(=O)N(C)Cc2cccc([N+](=O)[O-])c2)c2ccccc2n1. The summed E-state index contributed by atoms with van der Waals surface area (Å²) in [5.41, 5.74) is 2.85. The van der Waals surface area contributed by atoms with Crippen LogP contribution in [0.2, 0.25) is 0 Å².